The van der Waals surface area contributed by atoms with E-state index in [-0.39, 0.29) is 49.5 Å². The lowest BCUT2D eigenvalue weighted by atomic mass is 9.73. The molecule has 14 heteroatoms. The fraction of sp³-hybridized carbons (Fsp3) is 0.780. The summed E-state index contributed by atoms with van der Waals surface area (Å²) in [5.41, 5.74) is 0.576. The van der Waals surface area contributed by atoms with E-state index >= 15 is 0 Å². The topological polar surface area (TPSA) is 159 Å². The van der Waals surface area contributed by atoms with Gasteiger partial charge in [0.15, 0.2) is 17.7 Å². The summed E-state index contributed by atoms with van der Waals surface area (Å²) in [7, 11) is 3.20. The van der Waals surface area contributed by atoms with Gasteiger partial charge < -0.3 is 52.8 Å². The first-order valence-electron chi connectivity index (χ1n) is 23.9. The van der Waals surface area contributed by atoms with E-state index in [0.717, 1.165) is 24.7 Å². The lowest BCUT2D eigenvalue weighted by molar-refractivity contribution is -0.405. The Kier molecular flexibility index (Phi) is 17.0. The Morgan fingerprint density at radius 1 is 0.938 bits per heavy atom. The zero-order chi connectivity index (χ0) is 45.8. The Morgan fingerprint density at radius 3 is 2.45 bits per heavy atom. The number of aliphatic hydroxyl groups is 2. The molecule has 3 saturated heterocycles. The average Bonchev–Trinajstić information content (AvgIpc) is 3.67. The maximum absolute atomic E-state index is 12.9. The maximum Gasteiger partial charge on any atom is 0.191 e. The van der Waals surface area contributed by atoms with E-state index < -0.39 is 72.6 Å². The molecule has 64 heavy (non-hydrogen) atoms. The number of ether oxygens (including phenoxy) is 9. The van der Waals surface area contributed by atoms with Gasteiger partial charge >= 0.3 is 0 Å². The molecule has 5 heterocycles. The normalized spacial score (nSPS) is 42.5. The van der Waals surface area contributed by atoms with Crippen molar-refractivity contribution in [2.24, 2.45) is 23.7 Å². The van der Waals surface area contributed by atoms with Crippen LogP contribution in [0.25, 0.3) is 0 Å². The summed E-state index contributed by atoms with van der Waals surface area (Å²) in [6.45, 7) is 14.0. The predicted molar refractivity (Wildman–Crippen MR) is 236 cm³/mol. The largest absolute Gasteiger partial charge is 0.390 e. The van der Waals surface area contributed by atoms with Crippen LogP contribution in [0.1, 0.15) is 106 Å². The minimum atomic E-state index is -1.46. The summed E-state index contributed by atoms with van der Waals surface area (Å²) in [5, 5.41) is 22.0. The van der Waals surface area contributed by atoms with Gasteiger partial charge in [-0.05, 0) is 70.1 Å². The molecule has 0 amide bonds. The predicted octanol–water partition coefficient (Wildman–Crippen LogP) is 6.77. The van der Waals surface area contributed by atoms with E-state index in [0.29, 0.717) is 42.7 Å². The second kappa shape index (κ2) is 21.9. The molecule has 18 unspecified atom stereocenters. The second-order valence-corrected chi connectivity index (χ2v) is 19.6. The summed E-state index contributed by atoms with van der Waals surface area (Å²) in [6.07, 6.45) is 16.1. The van der Waals surface area contributed by atoms with Crippen molar-refractivity contribution in [3.8, 4) is 0 Å². The molecule has 18 atom stereocenters. The van der Waals surface area contributed by atoms with Gasteiger partial charge in [-0.3, -0.25) is 4.79 Å². The van der Waals surface area contributed by atoms with Crippen molar-refractivity contribution >= 4 is 6.29 Å². The quantitative estimate of drug-likeness (QED) is 0.0915. The molecule has 7 aliphatic rings. The molecule has 4 fully saturated rings. The van der Waals surface area contributed by atoms with Gasteiger partial charge in [-0.1, -0.05) is 76.5 Å². The van der Waals surface area contributed by atoms with Crippen molar-refractivity contribution in [1.29, 1.82) is 0 Å². The van der Waals surface area contributed by atoms with Crippen LogP contribution in [-0.4, -0.2) is 135 Å². The van der Waals surface area contributed by atoms with Crippen molar-refractivity contribution in [3.05, 3.63) is 59.3 Å². The Morgan fingerprint density at radius 2 is 1.72 bits per heavy atom. The van der Waals surface area contributed by atoms with Gasteiger partial charge in [-0.15, -0.1) is 0 Å². The van der Waals surface area contributed by atoms with Gasteiger partial charge in [0, 0.05) is 56.8 Å². The van der Waals surface area contributed by atoms with Crippen molar-refractivity contribution in [1.82, 2.24) is 0 Å². The van der Waals surface area contributed by atoms with Crippen LogP contribution >= 0.6 is 0 Å². The molecule has 2 bridgehead atoms. The van der Waals surface area contributed by atoms with Gasteiger partial charge in [0.05, 0.1) is 55.4 Å². The third kappa shape index (κ3) is 10.8. The number of allylic oxidation sites excluding steroid dienone is 2. The minimum absolute atomic E-state index is 0.00946. The summed E-state index contributed by atoms with van der Waals surface area (Å²) >= 11 is 0. The molecule has 0 aromatic heterocycles. The number of aldehydes is 1. The van der Waals surface area contributed by atoms with Crippen LogP contribution in [0.15, 0.2) is 59.3 Å². The monoisotopic (exact) mass is 901 g/mol. The number of carbonyl (C=O) groups is 1. The molecular formula is C50H76O14. The number of carbonyl (C=O) groups excluding carboxylic acids is 1. The first-order chi connectivity index (χ1) is 30.7. The molecule has 2 spiro atoms. The van der Waals surface area contributed by atoms with E-state index in [1.807, 2.05) is 39.0 Å². The van der Waals surface area contributed by atoms with Crippen molar-refractivity contribution in [2.45, 2.75) is 197 Å². The molecule has 0 radical (unpaired) electrons. The number of hydrogen-bond donors (Lipinski definition) is 2. The van der Waals surface area contributed by atoms with Gasteiger partial charge in [0.1, 0.15) is 37.5 Å². The SMILES string of the molecule is COC(C)C(OC1CC(OC)C(O)C(C)O1)C(C)OCOC1C(C)=CCC2CC(CC3(C=CC(C)C(C4CCCCC4)O3)O2)OOC23C(C=O)=CC(C)C(O)C2OCC3=CC=CC1C. The van der Waals surface area contributed by atoms with Crippen LogP contribution in [0, 0.1) is 23.7 Å². The lowest BCUT2D eigenvalue weighted by Gasteiger charge is -2.49. The Bertz CT molecular complexity index is 1710. The highest BCUT2D eigenvalue weighted by atomic mass is 17.2. The number of hydrogen-bond acceptors (Lipinski definition) is 14. The number of aliphatic hydroxyl groups excluding tert-OH is 2. The number of fused-ring (bicyclic) bond motifs is 2. The lowest BCUT2D eigenvalue weighted by Crippen LogP contribution is -2.57. The van der Waals surface area contributed by atoms with E-state index in [9.17, 15) is 15.0 Å². The van der Waals surface area contributed by atoms with Gasteiger partial charge in [-0.2, -0.15) is 0 Å². The molecule has 5 aliphatic heterocycles. The molecule has 7 rings (SSSR count). The summed E-state index contributed by atoms with van der Waals surface area (Å²) < 4.78 is 57.1. The fourth-order valence-electron chi connectivity index (χ4n) is 11.0. The molecule has 0 aromatic rings. The summed E-state index contributed by atoms with van der Waals surface area (Å²) in [5.74, 6) is -0.831. The molecular weight excluding hydrogens is 825 g/mol. The van der Waals surface area contributed by atoms with E-state index in [1.165, 1.54) is 19.3 Å². The van der Waals surface area contributed by atoms with Crippen LogP contribution in [0.2, 0.25) is 0 Å². The second-order valence-electron chi connectivity index (χ2n) is 19.6. The van der Waals surface area contributed by atoms with Crippen LogP contribution in [0.4, 0.5) is 0 Å². The molecule has 360 valence electrons. The summed E-state index contributed by atoms with van der Waals surface area (Å²) in [6, 6.07) is 0. The summed E-state index contributed by atoms with van der Waals surface area (Å²) in [4.78, 5) is 26.0. The molecule has 14 nitrogen and oxygen atoms in total. The van der Waals surface area contributed by atoms with Crippen LogP contribution in [-0.2, 0) is 57.2 Å². The maximum atomic E-state index is 12.9. The molecule has 0 aromatic carbocycles. The average molecular weight is 901 g/mol. The highest BCUT2D eigenvalue weighted by molar-refractivity contribution is 5.80. The first kappa shape index (κ1) is 49.7. The van der Waals surface area contributed by atoms with Crippen molar-refractivity contribution in [2.75, 3.05) is 27.6 Å². The van der Waals surface area contributed by atoms with Crippen LogP contribution in [0.5, 0.6) is 0 Å². The Balaban J connectivity index is 1.16. The van der Waals surface area contributed by atoms with Crippen molar-refractivity contribution in [3.63, 3.8) is 0 Å². The Hall–Kier alpha value is -2.15. The third-order valence-corrected chi connectivity index (χ3v) is 15.0. The highest BCUT2D eigenvalue weighted by Gasteiger charge is 2.60. The standard InChI is InChI=1S/C50H76O14/c1-29-14-13-17-37-27-56-48-43(52)32(4)22-38(26-51)50(37,48)64-63-40-23-39(61-49(25-40)21-20-31(3)46(62-49)36-15-11-10-12-16-36)19-18-30(2)45(29)58-28-57-35(7)47(34(6)54-8)60-42-24-41(55-9)44(53)33(5)59-42/h13-14,17-18,20-22,26,29,31-36,39-48,52-53H,10-12,15-16,19,23-25,27-28H2,1-9H3. The fourth-order valence-corrected chi connectivity index (χ4v) is 11.0. The number of rotatable bonds is 12. The molecule has 2 aliphatic carbocycles. The third-order valence-electron chi connectivity index (χ3n) is 15.0. The van der Waals surface area contributed by atoms with E-state index in [2.05, 4.69) is 39.0 Å². The smallest absolute Gasteiger partial charge is 0.191 e. The van der Waals surface area contributed by atoms with Crippen LogP contribution in [0.3, 0.4) is 0 Å². The van der Waals surface area contributed by atoms with Gasteiger partial charge in [-0.25, -0.2) is 9.78 Å². The molecule has 2 N–H and O–H groups in total. The minimum Gasteiger partial charge on any atom is -0.390 e. The zero-order valence-corrected chi connectivity index (χ0v) is 39.5. The van der Waals surface area contributed by atoms with E-state index in [4.69, 9.17) is 52.4 Å². The molecule has 1 saturated carbocycles. The Labute approximate surface area is 380 Å². The number of methoxy groups -OCH3 is 2. The van der Waals surface area contributed by atoms with E-state index in [1.54, 1.807) is 27.2 Å². The first-order valence-corrected chi connectivity index (χ1v) is 23.9. The van der Waals surface area contributed by atoms with Gasteiger partial charge in [0.25, 0.3) is 0 Å². The zero-order valence-electron chi connectivity index (χ0n) is 39.5. The van der Waals surface area contributed by atoms with Gasteiger partial charge in [0.2, 0.25) is 0 Å². The van der Waals surface area contributed by atoms with Crippen molar-refractivity contribution < 1.29 is 67.4 Å². The highest BCUT2D eigenvalue weighted by Crippen LogP contribution is 2.49. The van der Waals surface area contributed by atoms with Crippen LogP contribution < -0.4 is 0 Å².